The van der Waals surface area contributed by atoms with Crippen LogP contribution < -0.4 is 19.5 Å². The highest BCUT2D eigenvalue weighted by Crippen LogP contribution is 2.32. The maximum absolute atomic E-state index is 12.7. The molecule has 1 aliphatic heterocycles. The van der Waals surface area contributed by atoms with E-state index >= 15 is 0 Å². The van der Waals surface area contributed by atoms with Gasteiger partial charge in [0.1, 0.15) is 0 Å². The first-order valence-electron chi connectivity index (χ1n) is 9.90. The van der Waals surface area contributed by atoms with Gasteiger partial charge in [0, 0.05) is 18.2 Å². The van der Waals surface area contributed by atoms with Crippen molar-refractivity contribution in [2.75, 3.05) is 18.5 Å². The van der Waals surface area contributed by atoms with Crippen LogP contribution in [-0.4, -0.2) is 33.6 Å². The molecule has 8 heteroatoms. The number of carbonyl (C=O) groups excluding carboxylic acids is 1. The number of amides is 1. The van der Waals surface area contributed by atoms with E-state index < -0.39 is 22.0 Å². The zero-order valence-corrected chi connectivity index (χ0v) is 18.5. The molecule has 1 unspecified atom stereocenters. The van der Waals surface area contributed by atoms with Crippen LogP contribution in [0.1, 0.15) is 39.7 Å². The maximum atomic E-state index is 12.7. The van der Waals surface area contributed by atoms with Crippen LogP contribution in [0.5, 0.6) is 11.5 Å². The number of hydrogen-bond acceptors (Lipinski definition) is 5. The Morgan fingerprint density at radius 1 is 1.00 bits per heavy atom. The minimum Gasteiger partial charge on any atom is -0.490 e. The summed E-state index contributed by atoms with van der Waals surface area (Å²) in [7, 11) is -3.91. The highest BCUT2D eigenvalue weighted by molar-refractivity contribution is 7.89. The molecule has 2 N–H and O–H groups in total. The molecule has 0 aromatic heterocycles. The number of ether oxygens (including phenoxy) is 2. The summed E-state index contributed by atoms with van der Waals surface area (Å²) in [5, 5.41) is 2.74. The molecule has 0 saturated heterocycles. The molecule has 0 saturated carbocycles. The number of carbonyl (C=O) groups is 1. The first-order chi connectivity index (χ1) is 14.1. The van der Waals surface area contributed by atoms with E-state index in [1.807, 2.05) is 24.3 Å². The second-order valence-corrected chi connectivity index (χ2v) is 10.0. The van der Waals surface area contributed by atoms with Gasteiger partial charge in [-0.05, 0) is 42.2 Å². The molecule has 1 heterocycles. The lowest BCUT2D eigenvalue weighted by molar-refractivity contribution is -0.117. The molecule has 162 valence electrons. The predicted molar refractivity (Wildman–Crippen MR) is 116 cm³/mol. The monoisotopic (exact) mass is 432 g/mol. The number of benzene rings is 2. The number of sulfonamides is 1. The fourth-order valence-electron chi connectivity index (χ4n) is 2.97. The van der Waals surface area contributed by atoms with Crippen LogP contribution in [0.3, 0.4) is 0 Å². The van der Waals surface area contributed by atoms with E-state index in [-0.39, 0.29) is 10.3 Å². The number of nitrogens with one attached hydrogen (secondary N) is 2. The van der Waals surface area contributed by atoms with E-state index in [4.69, 9.17) is 9.47 Å². The topological polar surface area (TPSA) is 93.7 Å². The van der Waals surface area contributed by atoms with Gasteiger partial charge in [0.25, 0.3) is 0 Å². The first-order valence-corrected chi connectivity index (χ1v) is 11.4. The van der Waals surface area contributed by atoms with Crippen molar-refractivity contribution < 1.29 is 22.7 Å². The van der Waals surface area contributed by atoms with E-state index in [0.29, 0.717) is 30.4 Å². The van der Waals surface area contributed by atoms with Crippen LogP contribution in [-0.2, 0) is 20.2 Å². The predicted octanol–water partition coefficient (Wildman–Crippen LogP) is 3.45. The van der Waals surface area contributed by atoms with Gasteiger partial charge in [-0.1, -0.05) is 32.9 Å². The molecule has 0 spiro atoms. The summed E-state index contributed by atoms with van der Waals surface area (Å²) in [6, 6.07) is 11.0. The second-order valence-electron chi connectivity index (χ2n) is 8.32. The largest absolute Gasteiger partial charge is 0.490 e. The third-order valence-corrected chi connectivity index (χ3v) is 6.31. The molecule has 0 fully saturated rings. The molecular formula is C22H28N2O5S. The standard InChI is InChI=1S/C22H28N2O5S/c1-15(21(25)23-17-8-6-16(7-9-17)22(2,3)4)24-30(26,27)18-10-11-19-20(14-18)29-13-5-12-28-19/h6-11,14-15,24H,5,12-13H2,1-4H3,(H,23,25). The molecule has 2 aromatic rings. The van der Waals surface area contributed by atoms with Gasteiger partial charge in [0.05, 0.1) is 24.2 Å². The highest BCUT2D eigenvalue weighted by Gasteiger charge is 2.24. The van der Waals surface area contributed by atoms with Gasteiger partial charge in [-0.25, -0.2) is 8.42 Å². The Kier molecular flexibility index (Phi) is 6.38. The van der Waals surface area contributed by atoms with Crippen molar-refractivity contribution in [3.8, 4) is 11.5 Å². The fourth-order valence-corrected chi connectivity index (χ4v) is 4.19. The van der Waals surface area contributed by atoms with Gasteiger partial charge in [-0.2, -0.15) is 4.72 Å². The fraction of sp³-hybridized carbons (Fsp3) is 0.409. The normalized spacial score (nSPS) is 15.2. The lowest BCUT2D eigenvalue weighted by Gasteiger charge is -2.19. The lowest BCUT2D eigenvalue weighted by Crippen LogP contribution is -2.41. The molecule has 1 amide bonds. The Bertz CT molecular complexity index is 1010. The van der Waals surface area contributed by atoms with Crippen molar-refractivity contribution in [2.45, 2.75) is 50.5 Å². The molecule has 1 aliphatic rings. The summed E-state index contributed by atoms with van der Waals surface area (Å²) >= 11 is 0. The van der Waals surface area contributed by atoms with Crippen LogP contribution in [0.4, 0.5) is 5.69 Å². The summed E-state index contributed by atoms with van der Waals surface area (Å²) < 4.78 is 39.0. The Balaban J connectivity index is 1.67. The van der Waals surface area contributed by atoms with Gasteiger partial charge in [-0.15, -0.1) is 0 Å². The minimum absolute atomic E-state index is 0.00805. The Hall–Kier alpha value is -2.58. The Morgan fingerprint density at radius 2 is 1.63 bits per heavy atom. The number of hydrogen-bond donors (Lipinski definition) is 2. The molecule has 3 rings (SSSR count). The summed E-state index contributed by atoms with van der Waals surface area (Å²) in [6.07, 6.45) is 0.725. The third-order valence-electron chi connectivity index (χ3n) is 4.77. The third kappa shape index (κ3) is 5.31. The number of rotatable bonds is 5. The quantitative estimate of drug-likeness (QED) is 0.755. The maximum Gasteiger partial charge on any atom is 0.242 e. The van der Waals surface area contributed by atoms with Crippen molar-refractivity contribution in [3.05, 3.63) is 48.0 Å². The second kappa shape index (κ2) is 8.65. The van der Waals surface area contributed by atoms with Crippen molar-refractivity contribution in [1.82, 2.24) is 4.72 Å². The van der Waals surface area contributed by atoms with Gasteiger partial charge in [-0.3, -0.25) is 4.79 Å². The number of fused-ring (bicyclic) bond motifs is 1. The van der Waals surface area contributed by atoms with Gasteiger partial charge in [0.2, 0.25) is 15.9 Å². The zero-order valence-electron chi connectivity index (χ0n) is 17.7. The molecule has 30 heavy (non-hydrogen) atoms. The zero-order chi connectivity index (χ0) is 21.9. The summed E-state index contributed by atoms with van der Waals surface area (Å²) in [6.45, 7) is 8.80. The summed E-state index contributed by atoms with van der Waals surface area (Å²) in [5.41, 5.74) is 1.76. The molecule has 1 atom stereocenters. The minimum atomic E-state index is -3.91. The highest BCUT2D eigenvalue weighted by atomic mass is 32.2. The van der Waals surface area contributed by atoms with Gasteiger partial charge in [0.15, 0.2) is 11.5 Å². The van der Waals surface area contributed by atoms with Crippen molar-refractivity contribution in [1.29, 1.82) is 0 Å². The van der Waals surface area contributed by atoms with Crippen molar-refractivity contribution in [2.24, 2.45) is 0 Å². The summed E-state index contributed by atoms with van der Waals surface area (Å²) in [4.78, 5) is 12.5. The van der Waals surface area contributed by atoms with Crippen LogP contribution in [0, 0.1) is 0 Å². The van der Waals surface area contributed by atoms with E-state index in [1.54, 1.807) is 6.07 Å². The van der Waals surface area contributed by atoms with E-state index in [1.165, 1.54) is 19.1 Å². The average Bonchev–Trinajstić information content (AvgIpc) is 2.92. The van der Waals surface area contributed by atoms with Crippen molar-refractivity contribution in [3.63, 3.8) is 0 Å². The molecular weight excluding hydrogens is 404 g/mol. The molecule has 2 aromatic carbocycles. The summed E-state index contributed by atoms with van der Waals surface area (Å²) in [5.74, 6) is 0.443. The SMILES string of the molecule is CC(NS(=O)(=O)c1ccc2c(c1)OCCCO2)C(=O)Nc1ccc(C(C)(C)C)cc1. The van der Waals surface area contributed by atoms with Crippen LogP contribution in [0.25, 0.3) is 0 Å². The first kappa shape index (κ1) is 22.1. The van der Waals surface area contributed by atoms with E-state index in [2.05, 4.69) is 30.8 Å². The Labute approximate surface area is 177 Å². The number of anilines is 1. The van der Waals surface area contributed by atoms with E-state index in [9.17, 15) is 13.2 Å². The smallest absolute Gasteiger partial charge is 0.242 e. The molecule has 0 radical (unpaired) electrons. The van der Waals surface area contributed by atoms with Gasteiger partial charge >= 0.3 is 0 Å². The van der Waals surface area contributed by atoms with Crippen molar-refractivity contribution >= 4 is 21.6 Å². The van der Waals surface area contributed by atoms with E-state index in [0.717, 1.165) is 12.0 Å². The molecule has 7 nitrogen and oxygen atoms in total. The van der Waals surface area contributed by atoms with Crippen LogP contribution in [0.2, 0.25) is 0 Å². The molecule has 0 bridgehead atoms. The molecule has 0 aliphatic carbocycles. The van der Waals surface area contributed by atoms with Crippen LogP contribution in [0.15, 0.2) is 47.4 Å². The average molecular weight is 433 g/mol. The Morgan fingerprint density at radius 3 is 2.27 bits per heavy atom. The van der Waals surface area contributed by atoms with Crippen LogP contribution >= 0.6 is 0 Å². The van der Waals surface area contributed by atoms with Gasteiger partial charge < -0.3 is 14.8 Å². The lowest BCUT2D eigenvalue weighted by atomic mass is 9.87.